The van der Waals surface area contributed by atoms with Gasteiger partial charge in [0, 0.05) is 4.88 Å². The predicted molar refractivity (Wildman–Crippen MR) is 82.0 cm³/mol. The number of halogens is 1. The second-order valence-corrected chi connectivity index (χ2v) is 6.77. The van der Waals surface area contributed by atoms with Crippen molar-refractivity contribution in [3.8, 4) is 0 Å². The molecule has 100 valence electrons. The summed E-state index contributed by atoms with van der Waals surface area (Å²) < 4.78 is 1.06. The van der Waals surface area contributed by atoms with E-state index in [2.05, 4.69) is 21.2 Å². The van der Waals surface area contributed by atoms with Crippen LogP contribution < -0.4 is 11.1 Å². The minimum Gasteiger partial charge on any atom is -0.350 e. The Kier molecular flexibility index (Phi) is 5.13. The van der Waals surface area contributed by atoms with Crippen LogP contribution in [-0.2, 0) is 17.8 Å². The molecule has 1 atom stereocenters. The van der Waals surface area contributed by atoms with Gasteiger partial charge in [0.25, 0.3) is 0 Å². The fraction of sp³-hybridized carbons (Fsp3) is 0.214. The summed E-state index contributed by atoms with van der Waals surface area (Å²) in [6.07, 6.45) is 0.556. The van der Waals surface area contributed by atoms with Gasteiger partial charge in [-0.2, -0.15) is 0 Å². The summed E-state index contributed by atoms with van der Waals surface area (Å²) in [7, 11) is 0. The standard InChI is InChI=1S/C14H15BrN2OS/c15-13-7-6-11(19-13)9-17-14(18)12(16)8-10-4-2-1-3-5-10/h1-7,12H,8-9,16H2,(H,17,18)/t12-/m1/s1. The van der Waals surface area contributed by atoms with E-state index in [1.807, 2.05) is 42.5 Å². The molecule has 0 saturated heterocycles. The van der Waals surface area contributed by atoms with Gasteiger partial charge in [-0.05, 0) is 40.0 Å². The smallest absolute Gasteiger partial charge is 0.237 e. The van der Waals surface area contributed by atoms with Crippen molar-refractivity contribution in [2.45, 2.75) is 19.0 Å². The number of carbonyl (C=O) groups excluding carboxylic acids is 1. The molecular weight excluding hydrogens is 324 g/mol. The number of benzene rings is 1. The fourth-order valence-corrected chi connectivity index (χ4v) is 3.14. The number of hydrogen-bond donors (Lipinski definition) is 2. The second kappa shape index (κ2) is 6.84. The maximum absolute atomic E-state index is 11.9. The largest absolute Gasteiger partial charge is 0.350 e. The molecule has 0 fully saturated rings. The van der Waals surface area contributed by atoms with Crippen molar-refractivity contribution in [3.05, 3.63) is 56.7 Å². The summed E-state index contributed by atoms with van der Waals surface area (Å²) >= 11 is 5.00. The summed E-state index contributed by atoms with van der Waals surface area (Å²) in [4.78, 5) is 13.0. The number of hydrogen-bond acceptors (Lipinski definition) is 3. The molecule has 0 aliphatic heterocycles. The lowest BCUT2D eigenvalue weighted by atomic mass is 10.1. The highest BCUT2D eigenvalue weighted by molar-refractivity contribution is 9.11. The van der Waals surface area contributed by atoms with E-state index in [1.165, 1.54) is 0 Å². The van der Waals surface area contributed by atoms with Crippen LogP contribution in [0.15, 0.2) is 46.3 Å². The van der Waals surface area contributed by atoms with E-state index in [0.29, 0.717) is 13.0 Å². The lowest BCUT2D eigenvalue weighted by Crippen LogP contribution is -2.41. The Labute approximate surface area is 125 Å². The van der Waals surface area contributed by atoms with Gasteiger partial charge in [0.1, 0.15) is 0 Å². The van der Waals surface area contributed by atoms with Crippen molar-refractivity contribution in [1.82, 2.24) is 5.32 Å². The average Bonchev–Trinajstić information content (AvgIpc) is 2.83. The van der Waals surface area contributed by atoms with Gasteiger partial charge in [0.05, 0.1) is 16.4 Å². The van der Waals surface area contributed by atoms with Gasteiger partial charge < -0.3 is 11.1 Å². The van der Waals surface area contributed by atoms with Gasteiger partial charge in [-0.3, -0.25) is 4.79 Å². The normalized spacial score (nSPS) is 12.1. The lowest BCUT2D eigenvalue weighted by molar-refractivity contribution is -0.122. The summed E-state index contributed by atoms with van der Waals surface area (Å²) in [5.74, 6) is -0.117. The third-order valence-electron chi connectivity index (χ3n) is 2.70. The van der Waals surface area contributed by atoms with Crippen molar-refractivity contribution in [1.29, 1.82) is 0 Å². The van der Waals surface area contributed by atoms with Gasteiger partial charge in [-0.1, -0.05) is 30.3 Å². The maximum atomic E-state index is 11.9. The number of nitrogens with one attached hydrogen (secondary N) is 1. The van der Waals surface area contributed by atoms with Gasteiger partial charge in [0.2, 0.25) is 5.91 Å². The average molecular weight is 339 g/mol. The summed E-state index contributed by atoms with van der Waals surface area (Å²) in [5, 5.41) is 2.86. The zero-order valence-corrected chi connectivity index (χ0v) is 12.7. The highest BCUT2D eigenvalue weighted by atomic mass is 79.9. The van der Waals surface area contributed by atoms with Crippen molar-refractivity contribution >= 4 is 33.2 Å². The highest BCUT2D eigenvalue weighted by Gasteiger charge is 2.13. The molecule has 1 heterocycles. The number of amides is 1. The molecule has 19 heavy (non-hydrogen) atoms. The zero-order valence-electron chi connectivity index (χ0n) is 10.3. The molecular formula is C14H15BrN2OS. The molecule has 2 rings (SSSR count). The Morgan fingerprint density at radius 3 is 2.63 bits per heavy atom. The molecule has 3 nitrogen and oxygen atoms in total. The second-order valence-electron chi connectivity index (χ2n) is 4.22. The number of thiophene rings is 1. The van der Waals surface area contributed by atoms with Crippen molar-refractivity contribution in [2.24, 2.45) is 5.73 Å². The first-order valence-electron chi connectivity index (χ1n) is 5.96. The molecule has 0 radical (unpaired) electrons. The quantitative estimate of drug-likeness (QED) is 0.880. The molecule has 1 aromatic heterocycles. The molecule has 0 aliphatic carbocycles. The Morgan fingerprint density at radius 1 is 1.26 bits per heavy atom. The van der Waals surface area contributed by atoms with Crippen LogP contribution in [-0.4, -0.2) is 11.9 Å². The molecule has 5 heteroatoms. The summed E-state index contributed by atoms with van der Waals surface area (Å²) in [5.41, 5.74) is 6.97. The zero-order chi connectivity index (χ0) is 13.7. The van der Waals surface area contributed by atoms with Crippen LogP contribution in [0.5, 0.6) is 0 Å². The maximum Gasteiger partial charge on any atom is 0.237 e. The summed E-state index contributed by atoms with van der Waals surface area (Å²) in [6.45, 7) is 0.525. The van der Waals surface area contributed by atoms with Crippen LogP contribution in [0.1, 0.15) is 10.4 Å². The van der Waals surface area contributed by atoms with E-state index in [9.17, 15) is 4.79 Å². The third kappa shape index (κ3) is 4.45. The molecule has 0 spiro atoms. The van der Waals surface area contributed by atoms with Crippen LogP contribution in [0.2, 0.25) is 0 Å². The Hall–Kier alpha value is -1.17. The first-order valence-corrected chi connectivity index (χ1v) is 7.57. The topological polar surface area (TPSA) is 55.1 Å². The third-order valence-corrected chi connectivity index (χ3v) is 4.32. The van der Waals surface area contributed by atoms with Crippen LogP contribution in [0, 0.1) is 0 Å². The predicted octanol–water partition coefficient (Wildman–Crippen LogP) is 2.70. The van der Waals surface area contributed by atoms with Gasteiger partial charge in [-0.25, -0.2) is 0 Å². The Balaban J connectivity index is 1.82. The summed E-state index contributed by atoms with van der Waals surface area (Å²) in [6, 6.07) is 13.2. The van der Waals surface area contributed by atoms with E-state index in [-0.39, 0.29) is 5.91 Å². The molecule has 0 saturated carbocycles. The number of carbonyl (C=O) groups is 1. The van der Waals surface area contributed by atoms with E-state index >= 15 is 0 Å². The first-order chi connectivity index (χ1) is 9.15. The monoisotopic (exact) mass is 338 g/mol. The molecule has 2 aromatic rings. The van der Waals surface area contributed by atoms with Crippen molar-refractivity contribution in [3.63, 3.8) is 0 Å². The van der Waals surface area contributed by atoms with E-state index in [4.69, 9.17) is 5.73 Å². The SMILES string of the molecule is N[C@H](Cc1ccccc1)C(=O)NCc1ccc(Br)s1. The van der Waals surface area contributed by atoms with Crippen molar-refractivity contribution < 1.29 is 4.79 Å². The van der Waals surface area contributed by atoms with Gasteiger partial charge in [-0.15, -0.1) is 11.3 Å². The fourth-order valence-electron chi connectivity index (χ4n) is 1.71. The Bertz CT molecular complexity index is 541. The number of rotatable bonds is 5. The van der Waals surface area contributed by atoms with Crippen LogP contribution >= 0.6 is 27.3 Å². The van der Waals surface area contributed by atoms with Crippen molar-refractivity contribution in [2.75, 3.05) is 0 Å². The molecule has 1 aromatic carbocycles. The number of nitrogens with two attached hydrogens (primary N) is 1. The van der Waals surface area contributed by atoms with Crippen LogP contribution in [0.25, 0.3) is 0 Å². The highest BCUT2D eigenvalue weighted by Crippen LogP contribution is 2.21. The van der Waals surface area contributed by atoms with E-state index in [0.717, 1.165) is 14.2 Å². The van der Waals surface area contributed by atoms with E-state index in [1.54, 1.807) is 11.3 Å². The van der Waals surface area contributed by atoms with Gasteiger partial charge in [0.15, 0.2) is 0 Å². The van der Waals surface area contributed by atoms with Gasteiger partial charge >= 0.3 is 0 Å². The van der Waals surface area contributed by atoms with Crippen LogP contribution in [0.3, 0.4) is 0 Å². The van der Waals surface area contributed by atoms with E-state index < -0.39 is 6.04 Å². The van der Waals surface area contributed by atoms with Crippen LogP contribution in [0.4, 0.5) is 0 Å². The minimum atomic E-state index is -0.509. The first kappa shape index (κ1) is 14.2. The molecule has 1 amide bonds. The minimum absolute atomic E-state index is 0.117. The lowest BCUT2D eigenvalue weighted by Gasteiger charge is -2.11. The molecule has 3 N–H and O–H groups in total. The molecule has 0 bridgehead atoms. The molecule has 0 aliphatic rings. The Morgan fingerprint density at radius 2 is 2.00 bits per heavy atom. The molecule has 0 unspecified atom stereocenters.